The molecule has 28 heavy (non-hydrogen) atoms. The number of allylic oxidation sites excluding steroid dienone is 1. The largest absolute Gasteiger partial charge is 0.484 e. The molecule has 5 nitrogen and oxygen atoms in total. The van der Waals surface area contributed by atoms with Gasteiger partial charge in [-0.15, -0.1) is 0 Å². The molecular weight excluding hydrogens is 348 g/mol. The van der Waals surface area contributed by atoms with Crippen LogP contribution in [0, 0.1) is 16.7 Å². The molecule has 1 aromatic heterocycles. The van der Waals surface area contributed by atoms with E-state index in [0.717, 1.165) is 38.8 Å². The first kappa shape index (κ1) is 20.4. The van der Waals surface area contributed by atoms with Crippen molar-refractivity contribution in [2.24, 2.45) is 5.92 Å². The normalized spacial score (nSPS) is 22.9. The number of likely N-dealkylation sites (tertiary alicyclic amines) is 1. The minimum absolute atomic E-state index is 0.000176. The first-order valence-corrected chi connectivity index (χ1v) is 10.7. The molecule has 0 saturated carbocycles. The van der Waals surface area contributed by atoms with Crippen molar-refractivity contribution in [2.45, 2.75) is 64.9 Å². The number of pyridine rings is 1. The number of aromatic nitrogens is 1. The summed E-state index contributed by atoms with van der Waals surface area (Å²) in [5.41, 5.74) is 2.92. The Kier molecular flexibility index (Phi) is 6.76. The molecule has 0 spiro atoms. The lowest BCUT2D eigenvalue weighted by molar-refractivity contribution is 0.202. The molecule has 1 saturated heterocycles. The van der Waals surface area contributed by atoms with Crippen molar-refractivity contribution in [3.8, 4) is 5.75 Å². The van der Waals surface area contributed by atoms with E-state index in [1.54, 1.807) is 16.8 Å². The Morgan fingerprint density at radius 3 is 2.68 bits per heavy atom. The molecule has 1 aliphatic carbocycles. The third-order valence-corrected chi connectivity index (χ3v) is 6.13. The Balaban J connectivity index is 1.80. The standard InChI is InChI=1S/C23H34N4O/c1-4-9-18-10-12-21(20(5-2)17(18)3)28-19-11-13-22(24)27(16-19)23(25)26-14-7-6-8-15-26/h5,11,13,16,18,21,24-25H,2,4,6-10,12,14-15H2,1,3H3/t18-,21+/m0/s1. The second-order valence-corrected chi connectivity index (χ2v) is 8.00. The zero-order valence-electron chi connectivity index (χ0n) is 17.3. The molecule has 0 amide bonds. The molecule has 152 valence electrons. The Hall–Kier alpha value is -2.30. The zero-order chi connectivity index (χ0) is 20.1. The number of piperidine rings is 1. The van der Waals surface area contributed by atoms with Crippen molar-refractivity contribution in [1.29, 1.82) is 10.8 Å². The van der Waals surface area contributed by atoms with Crippen LogP contribution in [0.3, 0.4) is 0 Å². The van der Waals surface area contributed by atoms with E-state index in [0.29, 0.717) is 23.1 Å². The molecule has 0 bridgehead atoms. The van der Waals surface area contributed by atoms with Gasteiger partial charge in [-0.2, -0.15) is 0 Å². The summed E-state index contributed by atoms with van der Waals surface area (Å²) in [5.74, 6) is 1.71. The van der Waals surface area contributed by atoms with Crippen LogP contribution in [0.4, 0.5) is 0 Å². The first-order valence-electron chi connectivity index (χ1n) is 10.7. The highest BCUT2D eigenvalue weighted by atomic mass is 16.5. The maximum Gasteiger partial charge on any atom is 0.203 e. The monoisotopic (exact) mass is 382 g/mol. The van der Waals surface area contributed by atoms with Gasteiger partial charge in [0.25, 0.3) is 0 Å². The van der Waals surface area contributed by atoms with Crippen molar-refractivity contribution in [2.75, 3.05) is 13.1 Å². The molecular formula is C23H34N4O. The van der Waals surface area contributed by atoms with Gasteiger partial charge in [0.1, 0.15) is 17.3 Å². The molecule has 1 aliphatic heterocycles. The van der Waals surface area contributed by atoms with Gasteiger partial charge in [0, 0.05) is 13.1 Å². The van der Waals surface area contributed by atoms with Crippen LogP contribution >= 0.6 is 0 Å². The van der Waals surface area contributed by atoms with Crippen molar-refractivity contribution in [3.05, 3.63) is 47.6 Å². The average molecular weight is 383 g/mol. The highest BCUT2D eigenvalue weighted by molar-refractivity contribution is 5.79. The number of nitrogens with zero attached hydrogens (tertiary/aromatic N) is 2. The maximum absolute atomic E-state index is 8.55. The van der Waals surface area contributed by atoms with Gasteiger partial charge in [0.2, 0.25) is 5.96 Å². The number of nitrogens with one attached hydrogen (secondary N) is 2. The Labute approximate surface area is 168 Å². The quantitative estimate of drug-likeness (QED) is 0.573. The molecule has 0 aromatic carbocycles. The minimum atomic E-state index is -0.000176. The Bertz CT molecular complexity index is 801. The van der Waals surface area contributed by atoms with E-state index in [2.05, 4.69) is 25.3 Å². The predicted molar refractivity (Wildman–Crippen MR) is 114 cm³/mol. The van der Waals surface area contributed by atoms with Crippen molar-refractivity contribution in [3.63, 3.8) is 0 Å². The van der Waals surface area contributed by atoms with E-state index >= 15 is 0 Å². The number of hydrogen-bond donors (Lipinski definition) is 2. The summed E-state index contributed by atoms with van der Waals surface area (Å²) in [6.07, 6.45) is 11.7. The summed E-state index contributed by atoms with van der Waals surface area (Å²) >= 11 is 0. The number of rotatable bonds is 5. The lowest BCUT2D eigenvalue weighted by Crippen LogP contribution is -2.43. The fourth-order valence-corrected chi connectivity index (χ4v) is 4.49. The van der Waals surface area contributed by atoms with Gasteiger partial charge in [-0.25, -0.2) is 0 Å². The third kappa shape index (κ3) is 4.40. The summed E-state index contributed by atoms with van der Waals surface area (Å²) in [6, 6.07) is 3.57. The first-order chi connectivity index (χ1) is 13.5. The van der Waals surface area contributed by atoms with Gasteiger partial charge in [-0.1, -0.05) is 31.6 Å². The van der Waals surface area contributed by atoms with Crippen LogP contribution in [0.15, 0.2) is 42.1 Å². The van der Waals surface area contributed by atoms with Gasteiger partial charge in [-0.3, -0.25) is 15.4 Å². The molecule has 2 heterocycles. The summed E-state index contributed by atoms with van der Waals surface area (Å²) in [4.78, 5) is 2.06. The second kappa shape index (κ2) is 9.26. The van der Waals surface area contributed by atoms with E-state index in [1.807, 2.05) is 12.1 Å². The Morgan fingerprint density at radius 1 is 1.25 bits per heavy atom. The number of hydrogen-bond acceptors (Lipinski definition) is 3. The highest BCUT2D eigenvalue weighted by Crippen LogP contribution is 2.35. The van der Waals surface area contributed by atoms with Gasteiger partial charge < -0.3 is 9.64 Å². The van der Waals surface area contributed by atoms with Crippen LogP contribution in [0.2, 0.25) is 0 Å². The van der Waals surface area contributed by atoms with E-state index in [1.165, 1.54) is 30.4 Å². The molecule has 2 atom stereocenters. The number of ether oxygens (including phenoxy) is 1. The van der Waals surface area contributed by atoms with Crippen LogP contribution in [0.5, 0.6) is 5.75 Å². The van der Waals surface area contributed by atoms with Gasteiger partial charge in [0.15, 0.2) is 0 Å². The lowest BCUT2D eigenvalue weighted by Gasteiger charge is -2.32. The fourth-order valence-electron chi connectivity index (χ4n) is 4.49. The minimum Gasteiger partial charge on any atom is -0.484 e. The van der Waals surface area contributed by atoms with Gasteiger partial charge in [0.05, 0.1) is 6.20 Å². The van der Waals surface area contributed by atoms with Crippen LogP contribution in [-0.4, -0.2) is 34.6 Å². The van der Waals surface area contributed by atoms with Gasteiger partial charge >= 0.3 is 0 Å². The second-order valence-electron chi connectivity index (χ2n) is 8.00. The van der Waals surface area contributed by atoms with E-state index < -0.39 is 0 Å². The summed E-state index contributed by atoms with van der Waals surface area (Å²) in [6.45, 7) is 10.3. The molecule has 5 heteroatoms. The predicted octanol–water partition coefficient (Wildman–Crippen LogP) is 4.70. The van der Waals surface area contributed by atoms with Crippen LogP contribution in [0.25, 0.3) is 0 Å². The molecule has 1 aromatic rings. The van der Waals surface area contributed by atoms with E-state index in [4.69, 9.17) is 15.6 Å². The third-order valence-electron chi connectivity index (χ3n) is 6.13. The van der Waals surface area contributed by atoms with Crippen LogP contribution in [0.1, 0.15) is 58.8 Å². The van der Waals surface area contributed by atoms with Crippen LogP contribution in [-0.2, 0) is 0 Å². The van der Waals surface area contributed by atoms with Gasteiger partial charge in [-0.05, 0) is 69.1 Å². The summed E-state index contributed by atoms with van der Waals surface area (Å²) < 4.78 is 7.97. The zero-order valence-corrected chi connectivity index (χ0v) is 17.3. The molecule has 3 rings (SSSR count). The summed E-state index contributed by atoms with van der Waals surface area (Å²) in [5, 5.41) is 16.8. The molecule has 1 fully saturated rings. The average Bonchev–Trinajstić information content (AvgIpc) is 2.72. The lowest BCUT2D eigenvalue weighted by atomic mass is 9.79. The van der Waals surface area contributed by atoms with Crippen molar-refractivity contribution < 1.29 is 4.74 Å². The van der Waals surface area contributed by atoms with Crippen molar-refractivity contribution in [1.82, 2.24) is 9.47 Å². The highest BCUT2D eigenvalue weighted by Gasteiger charge is 2.27. The van der Waals surface area contributed by atoms with E-state index in [-0.39, 0.29) is 6.10 Å². The Morgan fingerprint density at radius 2 is 2.00 bits per heavy atom. The topological polar surface area (TPSA) is 65.1 Å². The molecule has 0 unspecified atom stereocenters. The SMILES string of the molecule is C=CC1=C(C)[C@@H](CCC)CC[C@H]1Oc1ccc(=N)n(C(=N)N2CCCCC2)c1. The molecule has 2 aliphatic rings. The fraction of sp³-hybridized carbons (Fsp3) is 0.565. The van der Waals surface area contributed by atoms with Crippen molar-refractivity contribution >= 4 is 5.96 Å². The maximum atomic E-state index is 8.55. The molecule has 2 N–H and O–H groups in total. The smallest absolute Gasteiger partial charge is 0.203 e. The summed E-state index contributed by atoms with van der Waals surface area (Å²) in [7, 11) is 0. The van der Waals surface area contributed by atoms with E-state index in [9.17, 15) is 0 Å². The van der Waals surface area contributed by atoms with Crippen LogP contribution < -0.4 is 10.2 Å². The molecule has 0 radical (unpaired) electrons.